The highest BCUT2D eigenvalue weighted by Crippen LogP contribution is 2.39. The second-order valence-corrected chi connectivity index (χ2v) is 7.34. The van der Waals surface area contributed by atoms with Crippen LogP contribution in [-0.2, 0) is 21.3 Å². The van der Waals surface area contributed by atoms with Crippen molar-refractivity contribution in [3.63, 3.8) is 0 Å². The van der Waals surface area contributed by atoms with Gasteiger partial charge in [0, 0.05) is 13.2 Å². The van der Waals surface area contributed by atoms with Gasteiger partial charge in [-0.1, -0.05) is 6.07 Å². The molecule has 0 spiro atoms. The largest absolute Gasteiger partial charge is 0.376 e. The quantitative estimate of drug-likeness (QED) is 0.853. The van der Waals surface area contributed by atoms with Crippen LogP contribution in [0.3, 0.4) is 0 Å². The van der Waals surface area contributed by atoms with Gasteiger partial charge >= 0.3 is 0 Å². The van der Waals surface area contributed by atoms with Gasteiger partial charge in [-0.05, 0) is 42.9 Å². The molecule has 1 heterocycles. The van der Waals surface area contributed by atoms with Crippen molar-refractivity contribution in [2.24, 2.45) is 11.7 Å². The lowest BCUT2D eigenvalue weighted by molar-refractivity contribution is 0.0848. The Morgan fingerprint density at radius 3 is 2.71 bits per heavy atom. The van der Waals surface area contributed by atoms with Crippen LogP contribution >= 0.6 is 0 Å². The lowest BCUT2D eigenvalue weighted by atomic mass is 10.1. The zero-order valence-electron chi connectivity index (χ0n) is 11.6. The molecule has 1 aromatic rings. The van der Waals surface area contributed by atoms with E-state index in [2.05, 4.69) is 4.72 Å². The number of halogens is 1. The van der Waals surface area contributed by atoms with Crippen LogP contribution in [0.5, 0.6) is 0 Å². The number of nitrogens with two attached hydrogens (primary N) is 1. The van der Waals surface area contributed by atoms with E-state index in [1.807, 2.05) is 0 Å². The van der Waals surface area contributed by atoms with Gasteiger partial charge in [-0.3, -0.25) is 0 Å². The van der Waals surface area contributed by atoms with E-state index < -0.39 is 15.8 Å². The van der Waals surface area contributed by atoms with Gasteiger partial charge in [0.05, 0.1) is 12.1 Å². The molecular formula is C14H19FN2O3S. The lowest BCUT2D eigenvalue weighted by Gasteiger charge is -2.19. The van der Waals surface area contributed by atoms with Gasteiger partial charge in [-0.15, -0.1) is 0 Å². The highest BCUT2D eigenvalue weighted by Gasteiger charge is 2.42. The van der Waals surface area contributed by atoms with Crippen molar-refractivity contribution in [2.45, 2.75) is 42.8 Å². The first-order chi connectivity index (χ1) is 10.0. The van der Waals surface area contributed by atoms with Crippen LogP contribution in [0.15, 0.2) is 23.1 Å². The topological polar surface area (TPSA) is 81.4 Å². The monoisotopic (exact) mass is 314 g/mol. The number of ether oxygens (including phenoxy) is 1. The molecule has 0 bridgehead atoms. The Bertz CT molecular complexity index is 631. The molecule has 2 atom stereocenters. The van der Waals surface area contributed by atoms with Crippen LogP contribution in [0.25, 0.3) is 0 Å². The first kappa shape index (κ1) is 14.9. The van der Waals surface area contributed by atoms with Crippen molar-refractivity contribution in [1.29, 1.82) is 0 Å². The zero-order valence-corrected chi connectivity index (χ0v) is 12.4. The summed E-state index contributed by atoms with van der Waals surface area (Å²) in [5.74, 6) is -0.336. The predicted molar refractivity (Wildman–Crippen MR) is 75.5 cm³/mol. The third-order valence-electron chi connectivity index (χ3n) is 4.05. The molecule has 116 valence electrons. The van der Waals surface area contributed by atoms with E-state index in [-0.39, 0.29) is 23.6 Å². The normalized spacial score (nSPS) is 26.2. The Hall–Kier alpha value is -1.02. The Kier molecular flexibility index (Phi) is 4.00. The van der Waals surface area contributed by atoms with Crippen molar-refractivity contribution in [1.82, 2.24) is 4.72 Å². The number of hydrogen-bond acceptors (Lipinski definition) is 4. The standard InChI is InChI=1S/C14H19FN2O3S/c15-11-7-9(8-16)1-4-13(11)21(18,19)17-12-5-6-20-14(12)10-2-3-10/h1,4,7,10,12,14,17H,2-3,5-6,8,16H2. The summed E-state index contributed by atoms with van der Waals surface area (Å²) < 4.78 is 46.9. The van der Waals surface area contributed by atoms with Gasteiger partial charge in [-0.2, -0.15) is 0 Å². The van der Waals surface area contributed by atoms with Gasteiger partial charge in [0.25, 0.3) is 0 Å². The Balaban J connectivity index is 1.80. The molecule has 3 N–H and O–H groups in total. The summed E-state index contributed by atoms with van der Waals surface area (Å²) >= 11 is 0. The molecule has 1 aliphatic carbocycles. The van der Waals surface area contributed by atoms with E-state index in [4.69, 9.17) is 10.5 Å². The average Bonchev–Trinajstić information content (AvgIpc) is 3.19. The minimum Gasteiger partial charge on any atom is -0.376 e. The molecule has 0 aromatic heterocycles. The molecule has 2 aliphatic rings. The fraction of sp³-hybridized carbons (Fsp3) is 0.571. The number of rotatable bonds is 5. The number of nitrogens with one attached hydrogen (secondary N) is 1. The molecule has 0 radical (unpaired) electrons. The second kappa shape index (κ2) is 5.64. The maximum atomic E-state index is 14.0. The van der Waals surface area contributed by atoms with Crippen LogP contribution in [0, 0.1) is 11.7 Å². The molecule has 0 amide bonds. The summed E-state index contributed by atoms with van der Waals surface area (Å²) in [4.78, 5) is -0.332. The summed E-state index contributed by atoms with van der Waals surface area (Å²) in [6.07, 6.45) is 2.69. The molecule has 2 unspecified atom stereocenters. The second-order valence-electron chi connectivity index (χ2n) is 5.66. The molecule has 21 heavy (non-hydrogen) atoms. The number of benzene rings is 1. The highest BCUT2D eigenvalue weighted by atomic mass is 32.2. The number of sulfonamides is 1. The van der Waals surface area contributed by atoms with E-state index in [0.29, 0.717) is 24.5 Å². The van der Waals surface area contributed by atoms with Gasteiger partial charge in [-0.25, -0.2) is 17.5 Å². The molecule has 1 aliphatic heterocycles. The van der Waals surface area contributed by atoms with Crippen LogP contribution in [-0.4, -0.2) is 27.2 Å². The van der Waals surface area contributed by atoms with E-state index >= 15 is 0 Å². The third kappa shape index (κ3) is 3.11. The minimum atomic E-state index is -3.88. The SMILES string of the molecule is NCc1ccc(S(=O)(=O)NC2CCOC2C2CC2)c(F)c1. The average molecular weight is 314 g/mol. The van der Waals surface area contributed by atoms with E-state index in [1.165, 1.54) is 12.1 Å². The fourth-order valence-corrected chi connectivity index (χ4v) is 4.12. The highest BCUT2D eigenvalue weighted by molar-refractivity contribution is 7.89. The molecule has 1 saturated heterocycles. The van der Waals surface area contributed by atoms with E-state index in [0.717, 1.165) is 18.9 Å². The smallest absolute Gasteiger partial charge is 0.243 e. The molecule has 5 nitrogen and oxygen atoms in total. The van der Waals surface area contributed by atoms with Crippen LogP contribution < -0.4 is 10.5 Å². The molecule has 1 aromatic carbocycles. The van der Waals surface area contributed by atoms with Gasteiger partial charge < -0.3 is 10.5 Å². The maximum absolute atomic E-state index is 14.0. The maximum Gasteiger partial charge on any atom is 0.243 e. The first-order valence-corrected chi connectivity index (χ1v) is 8.62. The zero-order chi connectivity index (χ0) is 15.0. The molecule has 1 saturated carbocycles. The first-order valence-electron chi connectivity index (χ1n) is 7.13. The van der Waals surface area contributed by atoms with Crippen LogP contribution in [0.4, 0.5) is 4.39 Å². The summed E-state index contributed by atoms with van der Waals surface area (Å²) in [5, 5.41) is 0. The Morgan fingerprint density at radius 2 is 2.10 bits per heavy atom. The molecule has 7 heteroatoms. The molecular weight excluding hydrogens is 295 g/mol. The lowest BCUT2D eigenvalue weighted by Crippen LogP contribution is -2.41. The summed E-state index contributed by atoms with van der Waals surface area (Å²) in [7, 11) is -3.88. The predicted octanol–water partition coefficient (Wildman–Crippen LogP) is 1.13. The van der Waals surface area contributed by atoms with Gasteiger partial charge in [0.1, 0.15) is 10.7 Å². The van der Waals surface area contributed by atoms with E-state index in [1.54, 1.807) is 0 Å². The number of hydrogen-bond donors (Lipinski definition) is 2. The van der Waals surface area contributed by atoms with E-state index in [9.17, 15) is 12.8 Å². The van der Waals surface area contributed by atoms with Gasteiger partial charge in [0.2, 0.25) is 10.0 Å². The van der Waals surface area contributed by atoms with Gasteiger partial charge in [0.15, 0.2) is 0 Å². The fourth-order valence-electron chi connectivity index (χ4n) is 2.78. The van der Waals surface area contributed by atoms with Crippen molar-refractivity contribution in [3.05, 3.63) is 29.6 Å². The molecule has 2 fully saturated rings. The van der Waals surface area contributed by atoms with Crippen molar-refractivity contribution < 1.29 is 17.5 Å². The summed E-state index contributed by atoms with van der Waals surface area (Å²) in [6.45, 7) is 0.716. The summed E-state index contributed by atoms with van der Waals surface area (Å²) in [5.41, 5.74) is 5.98. The summed E-state index contributed by atoms with van der Waals surface area (Å²) in [6, 6.07) is 3.69. The van der Waals surface area contributed by atoms with Crippen LogP contribution in [0.2, 0.25) is 0 Å². The Labute approximate surface area is 123 Å². The molecule has 3 rings (SSSR count). The van der Waals surface area contributed by atoms with Crippen molar-refractivity contribution >= 4 is 10.0 Å². The Morgan fingerprint density at radius 1 is 1.33 bits per heavy atom. The minimum absolute atomic E-state index is 0.0776. The van der Waals surface area contributed by atoms with Crippen LogP contribution in [0.1, 0.15) is 24.8 Å². The van der Waals surface area contributed by atoms with Crippen molar-refractivity contribution in [3.8, 4) is 0 Å². The third-order valence-corrected chi connectivity index (χ3v) is 5.57. The van der Waals surface area contributed by atoms with Crippen molar-refractivity contribution in [2.75, 3.05) is 6.61 Å².